The molecule has 2 rings (SSSR count). The highest BCUT2D eigenvalue weighted by atomic mass is 32.1. The van der Waals surface area contributed by atoms with Crippen LogP contribution in [0.15, 0.2) is 6.20 Å². The molecule has 2 aromatic heterocycles. The van der Waals surface area contributed by atoms with Crippen molar-refractivity contribution in [2.24, 2.45) is 0 Å². The van der Waals surface area contributed by atoms with E-state index in [1.807, 2.05) is 13.1 Å². The van der Waals surface area contributed by atoms with Gasteiger partial charge in [0, 0.05) is 5.41 Å². The van der Waals surface area contributed by atoms with E-state index in [1.54, 1.807) is 4.52 Å². The van der Waals surface area contributed by atoms with Crippen molar-refractivity contribution in [2.75, 3.05) is 11.9 Å². The quantitative estimate of drug-likeness (QED) is 0.893. The summed E-state index contributed by atoms with van der Waals surface area (Å²) in [5.74, 6) is 0. The van der Waals surface area contributed by atoms with Crippen molar-refractivity contribution in [1.29, 1.82) is 0 Å². The lowest BCUT2D eigenvalue weighted by Crippen LogP contribution is -2.22. The summed E-state index contributed by atoms with van der Waals surface area (Å²) in [4.78, 5) is 5.46. The van der Waals surface area contributed by atoms with Crippen LogP contribution in [-0.4, -0.2) is 32.4 Å². The molecular weight excluding hydrogens is 248 g/mol. The Labute approximate surface area is 111 Å². The summed E-state index contributed by atoms with van der Waals surface area (Å²) in [6.45, 7) is 8.56. The molecule has 2 N–H and O–H groups in total. The van der Waals surface area contributed by atoms with E-state index in [4.69, 9.17) is 5.11 Å². The number of anilines is 1. The van der Waals surface area contributed by atoms with Gasteiger partial charge in [-0.25, -0.2) is 9.50 Å². The molecule has 100 valence electrons. The highest BCUT2D eigenvalue weighted by Crippen LogP contribution is 2.25. The van der Waals surface area contributed by atoms with Crippen LogP contribution in [-0.2, 0) is 5.41 Å². The first-order chi connectivity index (χ1) is 8.44. The number of rotatable bonds is 4. The van der Waals surface area contributed by atoms with Gasteiger partial charge in [-0.1, -0.05) is 39.0 Å². The molecule has 0 radical (unpaired) electrons. The predicted molar refractivity (Wildman–Crippen MR) is 74.4 cm³/mol. The van der Waals surface area contributed by atoms with Crippen molar-refractivity contribution in [3.8, 4) is 0 Å². The molecule has 0 spiro atoms. The fraction of sp³-hybridized carbons (Fsp3) is 0.667. The maximum Gasteiger partial charge on any atom is 0.214 e. The Balaban J connectivity index is 2.22. The third-order valence-corrected chi connectivity index (χ3v) is 3.71. The van der Waals surface area contributed by atoms with E-state index in [0.717, 1.165) is 22.2 Å². The minimum atomic E-state index is 0.0397. The van der Waals surface area contributed by atoms with Crippen LogP contribution in [0.5, 0.6) is 0 Å². The van der Waals surface area contributed by atoms with Gasteiger partial charge in [0.1, 0.15) is 0 Å². The topological polar surface area (TPSA) is 62.5 Å². The zero-order chi connectivity index (χ0) is 13.3. The molecule has 0 amide bonds. The fourth-order valence-corrected chi connectivity index (χ4v) is 2.43. The van der Waals surface area contributed by atoms with Gasteiger partial charge in [0.2, 0.25) is 10.1 Å². The largest absolute Gasteiger partial charge is 0.394 e. The van der Waals surface area contributed by atoms with Gasteiger partial charge in [-0.15, -0.1) is 5.10 Å². The lowest BCUT2D eigenvalue weighted by molar-refractivity contribution is 0.271. The van der Waals surface area contributed by atoms with E-state index in [9.17, 15) is 0 Å². The standard InChI is InChI=1S/C12H20N4OS/c1-5-8(7-17)13-10-15-16-6-9(12(2,3)4)14-11(16)18-10/h6,8,17H,5,7H2,1-4H3,(H,13,15)/t8-/m0/s1. The number of fused-ring (bicyclic) bond motifs is 1. The minimum absolute atomic E-state index is 0.0397. The van der Waals surface area contributed by atoms with Gasteiger partial charge in [0.15, 0.2) is 0 Å². The third-order valence-electron chi connectivity index (χ3n) is 2.85. The highest BCUT2D eigenvalue weighted by Gasteiger charge is 2.19. The number of aromatic nitrogens is 3. The Morgan fingerprint density at radius 2 is 2.22 bits per heavy atom. The number of aliphatic hydroxyl groups is 1. The van der Waals surface area contributed by atoms with Crippen molar-refractivity contribution in [3.05, 3.63) is 11.9 Å². The van der Waals surface area contributed by atoms with E-state index in [-0.39, 0.29) is 18.1 Å². The summed E-state index contributed by atoms with van der Waals surface area (Å²) in [5, 5.41) is 17.6. The Hall–Kier alpha value is -1.14. The molecule has 18 heavy (non-hydrogen) atoms. The molecule has 0 aliphatic rings. The van der Waals surface area contributed by atoms with Gasteiger partial charge in [-0.05, 0) is 6.42 Å². The van der Waals surface area contributed by atoms with E-state index in [0.29, 0.717) is 0 Å². The Morgan fingerprint density at radius 1 is 1.50 bits per heavy atom. The number of hydrogen-bond donors (Lipinski definition) is 2. The summed E-state index contributed by atoms with van der Waals surface area (Å²) in [5.41, 5.74) is 1.08. The highest BCUT2D eigenvalue weighted by molar-refractivity contribution is 7.20. The smallest absolute Gasteiger partial charge is 0.214 e. The van der Waals surface area contributed by atoms with Crippen LogP contribution >= 0.6 is 11.3 Å². The molecule has 0 aliphatic heterocycles. The number of imidazole rings is 1. The molecule has 0 saturated heterocycles. The molecule has 2 heterocycles. The van der Waals surface area contributed by atoms with Gasteiger partial charge in [0.05, 0.1) is 24.5 Å². The van der Waals surface area contributed by atoms with Gasteiger partial charge in [-0.3, -0.25) is 0 Å². The molecule has 0 saturated carbocycles. The Morgan fingerprint density at radius 3 is 2.72 bits per heavy atom. The van der Waals surface area contributed by atoms with E-state index >= 15 is 0 Å². The zero-order valence-corrected chi connectivity index (χ0v) is 12.1. The zero-order valence-electron chi connectivity index (χ0n) is 11.3. The predicted octanol–water partition coefficient (Wildman–Crippen LogP) is 2.27. The van der Waals surface area contributed by atoms with Crippen LogP contribution in [0.2, 0.25) is 0 Å². The second-order valence-corrected chi connectivity index (χ2v) is 6.40. The molecule has 2 aromatic rings. The summed E-state index contributed by atoms with van der Waals surface area (Å²) >= 11 is 1.51. The van der Waals surface area contributed by atoms with Crippen LogP contribution in [0.3, 0.4) is 0 Å². The fourth-order valence-electron chi connectivity index (χ4n) is 1.57. The second-order valence-electron chi connectivity index (χ2n) is 5.44. The minimum Gasteiger partial charge on any atom is -0.394 e. The summed E-state index contributed by atoms with van der Waals surface area (Å²) in [7, 11) is 0. The van der Waals surface area contributed by atoms with E-state index in [1.165, 1.54) is 11.3 Å². The summed E-state index contributed by atoms with van der Waals surface area (Å²) in [6, 6.07) is 0.0583. The first-order valence-corrected chi connectivity index (χ1v) is 6.99. The van der Waals surface area contributed by atoms with Crippen LogP contribution in [0.4, 0.5) is 5.13 Å². The maximum atomic E-state index is 9.16. The molecule has 1 atom stereocenters. The molecule has 0 aromatic carbocycles. The number of nitrogens with zero attached hydrogens (tertiary/aromatic N) is 3. The van der Waals surface area contributed by atoms with Crippen molar-refractivity contribution in [2.45, 2.75) is 45.6 Å². The SMILES string of the molecule is CC[C@@H](CO)Nc1nn2cc(C(C)(C)C)nc2s1. The molecule has 0 aliphatic carbocycles. The van der Waals surface area contributed by atoms with Crippen molar-refractivity contribution < 1.29 is 5.11 Å². The molecule has 0 bridgehead atoms. The molecule has 5 nitrogen and oxygen atoms in total. The third kappa shape index (κ3) is 2.64. The van der Waals surface area contributed by atoms with Gasteiger partial charge < -0.3 is 10.4 Å². The summed E-state index contributed by atoms with van der Waals surface area (Å²) in [6.07, 6.45) is 2.84. The maximum absolute atomic E-state index is 9.16. The van der Waals surface area contributed by atoms with Crippen molar-refractivity contribution in [1.82, 2.24) is 14.6 Å². The lowest BCUT2D eigenvalue weighted by atomic mass is 9.93. The average Bonchev–Trinajstić information content (AvgIpc) is 2.82. The average molecular weight is 268 g/mol. The number of nitrogens with one attached hydrogen (secondary N) is 1. The van der Waals surface area contributed by atoms with Crippen LogP contribution in [0.1, 0.15) is 39.8 Å². The first-order valence-electron chi connectivity index (χ1n) is 6.18. The molecule has 6 heteroatoms. The number of hydrogen-bond acceptors (Lipinski definition) is 5. The van der Waals surface area contributed by atoms with Gasteiger partial charge in [-0.2, -0.15) is 0 Å². The first kappa shape index (κ1) is 13.3. The Kier molecular flexibility index (Phi) is 3.59. The monoisotopic (exact) mass is 268 g/mol. The van der Waals surface area contributed by atoms with Crippen LogP contribution in [0, 0.1) is 0 Å². The second kappa shape index (κ2) is 4.85. The van der Waals surface area contributed by atoms with Crippen molar-refractivity contribution in [3.63, 3.8) is 0 Å². The number of aliphatic hydroxyl groups excluding tert-OH is 1. The van der Waals surface area contributed by atoms with Crippen LogP contribution < -0.4 is 5.32 Å². The molecule has 0 unspecified atom stereocenters. The Bertz CT molecular complexity index is 490. The van der Waals surface area contributed by atoms with Crippen LogP contribution in [0.25, 0.3) is 4.96 Å². The lowest BCUT2D eigenvalue weighted by Gasteiger charge is -2.14. The molecule has 0 fully saturated rings. The summed E-state index contributed by atoms with van der Waals surface area (Å²) < 4.78 is 1.80. The van der Waals surface area contributed by atoms with E-state index in [2.05, 4.69) is 36.2 Å². The van der Waals surface area contributed by atoms with Gasteiger partial charge >= 0.3 is 0 Å². The van der Waals surface area contributed by atoms with E-state index < -0.39 is 0 Å². The molecular formula is C12H20N4OS. The normalized spacial score (nSPS) is 14.1. The van der Waals surface area contributed by atoms with Gasteiger partial charge in [0.25, 0.3) is 0 Å². The van der Waals surface area contributed by atoms with Crippen molar-refractivity contribution >= 4 is 21.4 Å².